The second kappa shape index (κ2) is 4.37. The zero-order valence-corrected chi connectivity index (χ0v) is 11.5. The molecule has 0 amide bonds. The first-order chi connectivity index (χ1) is 8.54. The third kappa shape index (κ3) is 2.46. The summed E-state index contributed by atoms with van der Waals surface area (Å²) in [6, 6.07) is 7.34. The second-order valence-electron chi connectivity index (χ2n) is 4.34. The molecule has 0 spiro atoms. The van der Waals surface area contributed by atoms with Crippen molar-refractivity contribution in [2.45, 2.75) is 17.3 Å². The van der Waals surface area contributed by atoms with Gasteiger partial charge in [0.1, 0.15) is 4.33 Å². The largest absolute Gasteiger partial charge is 0.204 e. The van der Waals surface area contributed by atoms with Gasteiger partial charge >= 0.3 is 0 Å². The van der Waals surface area contributed by atoms with E-state index in [9.17, 15) is 0 Å². The van der Waals surface area contributed by atoms with E-state index in [0.717, 1.165) is 12.0 Å². The summed E-state index contributed by atoms with van der Waals surface area (Å²) in [5, 5.41) is 12.9. The topological polar surface area (TPSA) is 43.6 Å². The smallest absolute Gasteiger partial charge is 0.163 e. The van der Waals surface area contributed by atoms with Crippen LogP contribution in [0.4, 0.5) is 0 Å². The van der Waals surface area contributed by atoms with E-state index in [2.05, 4.69) is 15.4 Å². The molecule has 0 N–H and O–H groups in total. The summed E-state index contributed by atoms with van der Waals surface area (Å²) >= 11 is 17.8. The molecule has 0 saturated heterocycles. The Labute approximate surface area is 119 Å². The lowest BCUT2D eigenvalue weighted by Crippen LogP contribution is -2.07. The van der Waals surface area contributed by atoms with E-state index in [4.69, 9.17) is 34.8 Å². The summed E-state index contributed by atoms with van der Waals surface area (Å²) < 4.78 is -0.621. The van der Waals surface area contributed by atoms with E-state index in [1.54, 1.807) is 12.1 Å². The van der Waals surface area contributed by atoms with Gasteiger partial charge in [0.25, 0.3) is 0 Å². The molecule has 0 bridgehead atoms. The number of alkyl halides is 2. The van der Waals surface area contributed by atoms with Gasteiger partial charge in [-0.15, -0.1) is 33.4 Å². The van der Waals surface area contributed by atoms with Crippen LogP contribution in [0.5, 0.6) is 0 Å². The molecule has 4 nitrogen and oxygen atoms in total. The van der Waals surface area contributed by atoms with Gasteiger partial charge in [-0.3, -0.25) is 0 Å². The van der Waals surface area contributed by atoms with Gasteiger partial charge < -0.3 is 0 Å². The van der Waals surface area contributed by atoms with Crippen molar-refractivity contribution < 1.29 is 0 Å². The summed E-state index contributed by atoms with van der Waals surface area (Å²) in [5.41, 5.74) is 0.840. The summed E-state index contributed by atoms with van der Waals surface area (Å²) in [5.74, 6) is 0.745. The SMILES string of the molecule is Clc1cccc(-c2nnn(C[C@H]3CC3(Cl)Cl)n2)c1. The maximum Gasteiger partial charge on any atom is 0.204 e. The highest BCUT2D eigenvalue weighted by Crippen LogP contribution is 2.53. The summed E-state index contributed by atoms with van der Waals surface area (Å²) in [6.45, 7) is 0.584. The third-order valence-corrected chi connectivity index (χ3v) is 4.04. The van der Waals surface area contributed by atoms with Crippen molar-refractivity contribution in [2.75, 3.05) is 0 Å². The summed E-state index contributed by atoms with van der Waals surface area (Å²) in [6.07, 6.45) is 0.768. The highest BCUT2D eigenvalue weighted by molar-refractivity contribution is 6.50. The molecule has 1 saturated carbocycles. The van der Waals surface area contributed by atoms with E-state index in [1.807, 2.05) is 12.1 Å². The minimum absolute atomic E-state index is 0.197. The van der Waals surface area contributed by atoms with E-state index in [0.29, 0.717) is 17.4 Å². The van der Waals surface area contributed by atoms with Crippen LogP contribution in [0.15, 0.2) is 24.3 Å². The fourth-order valence-corrected chi connectivity index (χ4v) is 2.43. The van der Waals surface area contributed by atoms with Crippen molar-refractivity contribution in [3.63, 3.8) is 0 Å². The number of halogens is 3. The highest BCUT2D eigenvalue weighted by Gasteiger charge is 2.52. The van der Waals surface area contributed by atoms with Crippen LogP contribution in [0.25, 0.3) is 11.4 Å². The molecule has 7 heteroatoms. The molecule has 1 aromatic carbocycles. The molecular formula is C11H9Cl3N4. The van der Waals surface area contributed by atoms with Gasteiger partial charge in [0.05, 0.1) is 6.54 Å². The number of hydrogen-bond donors (Lipinski definition) is 0. The van der Waals surface area contributed by atoms with Crippen molar-refractivity contribution >= 4 is 34.8 Å². The molecule has 18 heavy (non-hydrogen) atoms. The minimum atomic E-state index is -0.621. The van der Waals surface area contributed by atoms with Crippen LogP contribution in [0, 0.1) is 5.92 Å². The van der Waals surface area contributed by atoms with Crippen LogP contribution < -0.4 is 0 Å². The van der Waals surface area contributed by atoms with Crippen LogP contribution in [-0.4, -0.2) is 24.5 Å². The first-order valence-electron chi connectivity index (χ1n) is 5.46. The number of nitrogens with zero attached hydrogens (tertiary/aromatic N) is 4. The molecule has 0 aliphatic heterocycles. The van der Waals surface area contributed by atoms with Crippen molar-refractivity contribution in [1.29, 1.82) is 0 Å². The van der Waals surface area contributed by atoms with Crippen LogP contribution >= 0.6 is 34.8 Å². The van der Waals surface area contributed by atoms with Crippen LogP contribution in [0.3, 0.4) is 0 Å². The average Bonchev–Trinajstić information content (AvgIpc) is 2.75. The van der Waals surface area contributed by atoms with Crippen LogP contribution in [0.2, 0.25) is 5.02 Å². The Morgan fingerprint density at radius 3 is 2.83 bits per heavy atom. The van der Waals surface area contributed by atoms with Gasteiger partial charge in [-0.1, -0.05) is 23.7 Å². The molecule has 1 aromatic heterocycles. The standard InChI is InChI=1S/C11H9Cl3N4/c12-9-3-1-2-7(4-9)10-15-17-18(16-10)6-8-5-11(8,13)14/h1-4,8H,5-6H2/t8-/m1/s1. The van der Waals surface area contributed by atoms with E-state index >= 15 is 0 Å². The molecule has 1 heterocycles. The van der Waals surface area contributed by atoms with Crippen molar-refractivity contribution in [2.24, 2.45) is 5.92 Å². The lowest BCUT2D eigenvalue weighted by molar-refractivity contribution is 0.484. The van der Waals surface area contributed by atoms with E-state index in [1.165, 1.54) is 4.80 Å². The summed E-state index contributed by atoms with van der Waals surface area (Å²) in [4.78, 5) is 1.52. The van der Waals surface area contributed by atoms with Crippen molar-refractivity contribution in [1.82, 2.24) is 20.2 Å². The number of rotatable bonds is 3. The molecule has 0 unspecified atom stereocenters. The third-order valence-electron chi connectivity index (χ3n) is 2.88. The lowest BCUT2D eigenvalue weighted by Gasteiger charge is -1.98. The average molecular weight is 304 g/mol. The maximum absolute atomic E-state index is 5.96. The molecule has 0 radical (unpaired) electrons. The zero-order chi connectivity index (χ0) is 12.8. The van der Waals surface area contributed by atoms with Gasteiger partial charge in [0, 0.05) is 16.5 Å². The van der Waals surface area contributed by atoms with Gasteiger partial charge in [-0.2, -0.15) is 4.80 Å². The fourth-order valence-electron chi connectivity index (χ4n) is 1.73. The first-order valence-corrected chi connectivity index (χ1v) is 6.59. The second-order valence-corrected chi connectivity index (χ2v) is 6.32. The zero-order valence-electron chi connectivity index (χ0n) is 9.22. The summed E-state index contributed by atoms with van der Waals surface area (Å²) in [7, 11) is 0. The first kappa shape index (κ1) is 12.2. The minimum Gasteiger partial charge on any atom is -0.163 e. The Kier molecular flexibility index (Phi) is 2.96. The quantitative estimate of drug-likeness (QED) is 0.818. The molecule has 1 aliphatic rings. The maximum atomic E-state index is 5.96. The number of tetrazole rings is 1. The molecule has 1 fully saturated rings. The Hall–Kier alpha value is -0.840. The lowest BCUT2D eigenvalue weighted by atomic mass is 10.2. The molecule has 3 rings (SSSR count). The highest BCUT2D eigenvalue weighted by atomic mass is 35.5. The normalized spacial score (nSPS) is 20.9. The van der Waals surface area contributed by atoms with Crippen molar-refractivity contribution in [3.05, 3.63) is 29.3 Å². The predicted octanol–water partition coefficient (Wildman–Crippen LogP) is 3.19. The molecule has 2 aromatic rings. The van der Waals surface area contributed by atoms with Gasteiger partial charge in [0.15, 0.2) is 0 Å². The monoisotopic (exact) mass is 302 g/mol. The van der Waals surface area contributed by atoms with Crippen LogP contribution in [0.1, 0.15) is 6.42 Å². The van der Waals surface area contributed by atoms with E-state index < -0.39 is 4.33 Å². The predicted molar refractivity (Wildman–Crippen MR) is 70.8 cm³/mol. The molecule has 1 atom stereocenters. The number of benzene rings is 1. The molecule has 1 aliphatic carbocycles. The Balaban J connectivity index is 1.77. The fraction of sp³-hybridized carbons (Fsp3) is 0.364. The number of hydrogen-bond acceptors (Lipinski definition) is 3. The van der Waals surface area contributed by atoms with E-state index in [-0.39, 0.29) is 5.92 Å². The molecule has 94 valence electrons. The van der Waals surface area contributed by atoms with Crippen molar-refractivity contribution in [3.8, 4) is 11.4 Å². The Bertz CT molecular complexity index is 581. The van der Waals surface area contributed by atoms with Crippen LogP contribution in [-0.2, 0) is 6.54 Å². The van der Waals surface area contributed by atoms with Gasteiger partial charge in [-0.05, 0) is 23.8 Å². The Morgan fingerprint density at radius 1 is 1.39 bits per heavy atom. The Morgan fingerprint density at radius 2 is 2.17 bits per heavy atom. The molecular weight excluding hydrogens is 295 g/mol. The number of aromatic nitrogens is 4. The van der Waals surface area contributed by atoms with Gasteiger partial charge in [0.2, 0.25) is 5.82 Å². The van der Waals surface area contributed by atoms with Gasteiger partial charge in [-0.25, -0.2) is 0 Å².